The Morgan fingerprint density at radius 3 is 2.89 bits per heavy atom. The second-order valence-electron chi connectivity index (χ2n) is 1.66. The van der Waals surface area contributed by atoms with E-state index in [1.807, 2.05) is 0 Å². The molecule has 0 amide bonds. The van der Waals surface area contributed by atoms with E-state index < -0.39 is 5.97 Å². The molecule has 9 heavy (non-hydrogen) atoms. The Morgan fingerprint density at radius 1 is 1.78 bits per heavy atom. The highest BCUT2D eigenvalue weighted by Crippen LogP contribution is 1.92. The van der Waals surface area contributed by atoms with E-state index in [1.54, 1.807) is 12.3 Å². The van der Waals surface area contributed by atoms with E-state index in [2.05, 4.69) is 4.67 Å². The van der Waals surface area contributed by atoms with Crippen molar-refractivity contribution in [1.82, 2.24) is 4.67 Å². The molecule has 0 unspecified atom stereocenters. The number of aliphatic carboxylic acids is 1. The minimum atomic E-state index is -0.910. The van der Waals surface area contributed by atoms with E-state index in [9.17, 15) is 4.79 Å². The molecule has 0 atom stereocenters. The number of hydrogen-bond acceptors (Lipinski definition) is 1. The normalized spacial score (nSPS) is 15.3. The number of nitrogens with zero attached hydrogens (tertiary/aromatic N) is 1. The Bertz CT molecular complexity index is 221. The average Bonchev–Trinajstić information content (AvgIpc) is 1.90. The molecule has 3 heteroatoms. The topological polar surface area (TPSA) is 51.4 Å². The summed E-state index contributed by atoms with van der Waals surface area (Å²) in [5.74, 6) is -0.910. The van der Waals surface area contributed by atoms with Gasteiger partial charge in [-0.3, -0.25) is 0 Å². The van der Waals surface area contributed by atoms with Crippen molar-refractivity contribution in [2.24, 2.45) is 0 Å². The number of carboxylic acids is 1. The summed E-state index contributed by atoms with van der Waals surface area (Å²) < 4.78 is 3.68. The van der Waals surface area contributed by atoms with Gasteiger partial charge in [-0.1, -0.05) is 6.08 Å². The highest BCUT2D eigenvalue weighted by Gasteiger charge is 2.10. The van der Waals surface area contributed by atoms with Gasteiger partial charge in [0.25, 0.3) is 6.21 Å². The van der Waals surface area contributed by atoms with Gasteiger partial charge in [0.05, 0.1) is 6.42 Å². The molecule has 0 radical (unpaired) electrons. The van der Waals surface area contributed by atoms with Crippen molar-refractivity contribution in [2.75, 3.05) is 0 Å². The van der Waals surface area contributed by atoms with E-state index in [0.29, 0.717) is 6.42 Å². The molecule has 1 heterocycles. The first-order valence-corrected chi connectivity index (χ1v) is 2.59. The van der Waals surface area contributed by atoms with Crippen LogP contribution in [0.2, 0.25) is 0 Å². The van der Waals surface area contributed by atoms with Crippen LogP contribution >= 0.6 is 0 Å². The Labute approximate surface area is 52.1 Å². The fourth-order valence-corrected chi connectivity index (χ4v) is 0.569. The smallest absolute Gasteiger partial charge is 0.342 e. The van der Waals surface area contributed by atoms with Crippen LogP contribution in [0.1, 0.15) is 6.42 Å². The summed E-state index contributed by atoms with van der Waals surface area (Å²) in [4.78, 5) is 10.2. The standard InChI is InChI=1S/C6H5NO2/c8-6(9)5-2-1-3-7-4-5/h2-4H,1H2/p+1. The van der Waals surface area contributed by atoms with Crippen molar-refractivity contribution in [1.29, 1.82) is 0 Å². The number of rotatable bonds is 1. The maximum absolute atomic E-state index is 10.2. The largest absolute Gasteiger partial charge is 0.477 e. The molecule has 0 spiro atoms. The Morgan fingerprint density at radius 2 is 2.56 bits per heavy atom. The Kier molecular flexibility index (Phi) is 1.47. The van der Waals surface area contributed by atoms with Gasteiger partial charge in [-0.05, 0) is 0 Å². The fourth-order valence-electron chi connectivity index (χ4n) is 0.569. The van der Waals surface area contributed by atoms with E-state index in [-0.39, 0.29) is 5.57 Å². The SMILES string of the molecule is O=C(O)C1=CCC=[N+]=C1. The lowest BCUT2D eigenvalue weighted by molar-refractivity contribution is -0.132. The predicted octanol–water partition coefficient (Wildman–Crippen LogP) is -0.390. The maximum atomic E-state index is 10.2. The van der Waals surface area contributed by atoms with Crippen LogP contribution in [-0.4, -0.2) is 23.5 Å². The molecule has 0 aromatic rings. The minimum absolute atomic E-state index is 0.275. The molecule has 0 aliphatic carbocycles. The number of carboxylic acid groups (broad SMARTS) is 1. The van der Waals surface area contributed by atoms with E-state index >= 15 is 0 Å². The summed E-state index contributed by atoms with van der Waals surface area (Å²) in [5, 5.41) is 8.36. The van der Waals surface area contributed by atoms with Crippen molar-refractivity contribution in [2.45, 2.75) is 6.42 Å². The molecule has 3 nitrogen and oxygen atoms in total. The van der Waals surface area contributed by atoms with Crippen LogP contribution in [0.25, 0.3) is 0 Å². The van der Waals surface area contributed by atoms with Crippen molar-refractivity contribution < 1.29 is 9.90 Å². The average molecular weight is 124 g/mol. The summed E-state index contributed by atoms with van der Waals surface area (Å²) in [5.41, 5.74) is 0.275. The lowest BCUT2D eigenvalue weighted by Crippen LogP contribution is -2.06. The van der Waals surface area contributed by atoms with Crippen LogP contribution in [0, 0.1) is 0 Å². The van der Waals surface area contributed by atoms with Gasteiger partial charge in [-0.2, -0.15) is 0 Å². The van der Waals surface area contributed by atoms with Gasteiger partial charge in [0.1, 0.15) is 5.57 Å². The number of carbonyl (C=O) groups is 1. The van der Waals surface area contributed by atoms with Crippen LogP contribution in [0.5, 0.6) is 0 Å². The third-order valence-electron chi connectivity index (χ3n) is 1.01. The Hall–Kier alpha value is -1.34. The summed E-state index contributed by atoms with van der Waals surface area (Å²) in [7, 11) is 0. The predicted molar refractivity (Wildman–Crippen MR) is 34.6 cm³/mol. The van der Waals surface area contributed by atoms with Gasteiger partial charge in [-0.25, -0.2) is 4.79 Å². The molecule has 46 valence electrons. The van der Waals surface area contributed by atoms with Crippen molar-refractivity contribution >= 4 is 18.4 Å². The Balaban J connectivity index is 2.84. The van der Waals surface area contributed by atoms with Gasteiger partial charge in [0.15, 0.2) is 0 Å². The first kappa shape index (κ1) is 5.79. The monoisotopic (exact) mass is 124 g/mol. The van der Waals surface area contributed by atoms with E-state index in [0.717, 1.165) is 0 Å². The number of allylic oxidation sites excluding steroid dienone is 1. The van der Waals surface area contributed by atoms with Crippen molar-refractivity contribution in [3.05, 3.63) is 11.6 Å². The highest BCUT2D eigenvalue weighted by atomic mass is 16.4. The molecule has 0 saturated carbocycles. The fraction of sp³-hybridized carbons (Fsp3) is 0.167. The van der Waals surface area contributed by atoms with Gasteiger partial charge in [0.2, 0.25) is 0 Å². The molecular weight excluding hydrogens is 118 g/mol. The van der Waals surface area contributed by atoms with Crippen LogP contribution in [-0.2, 0) is 4.79 Å². The summed E-state index contributed by atoms with van der Waals surface area (Å²) in [6, 6.07) is 0. The van der Waals surface area contributed by atoms with E-state index in [4.69, 9.17) is 5.11 Å². The first-order valence-electron chi connectivity index (χ1n) is 2.59. The van der Waals surface area contributed by atoms with Crippen molar-refractivity contribution in [3.63, 3.8) is 0 Å². The lowest BCUT2D eigenvalue weighted by atomic mass is 10.2. The summed E-state index contributed by atoms with van der Waals surface area (Å²) >= 11 is 0. The molecule has 0 aromatic carbocycles. The molecule has 0 saturated heterocycles. The minimum Gasteiger partial charge on any atom is -0.477 e. The van der Waals surface area contributed by atoms with Gasteiger partial charge in [0, 0.05) is 0 Å². The second-order valence-corrected chi connectivity index (χ2v) is 1.66. The number of hydrogen-bond donors (Lipinski definition) is 1. The van der Waals surface area contributed by atoms with Crippen LogP contribution < -0.4 is 4.67 Å². The molecule has 1 aliphatic heterocycles. The maximum Gasteiger partial charge on any atom is 0.342 e. The van der Waals surface area contributed by atoms with Crippen LogP contribution in [0.15, 0.2) is 11.6 Å². The van der Waals surface area contributed by atoms with Gasteiger partial charge in [-0.15, -0.1) is 4.67 Å². The first-order chi connectivity index (χ1) is 4.30. The summed E-state index contributed by atoms with van der Waals surface area (Å²) in [6.07, 6.45) is 5.24. The molecule has 1 N–H and O–H groups in total. The quantitative estimate of drug-likeness (QED) is 0.484. The zero-order chi connectivity index (χ0) is 6.69. The van der Waals surface area contributed by atoms with Crippen LogP contribution in [0.4, 0.5) is 0 Å². The zero-order valence-electron chi connectivity index (χ0n) is 4.74. The molecule has 1 aliphatic rings. The molecule has 0 bridgehead atoms. The van der Waals surface area contributed by atoms with Crippen LogP contribution in [0.3, 0.4) is 0 Å². The van der Waals surface area contributed by atoms with Gasteiger partial charge >= 0.3 is 12.2 Å². The lowest BCUT2D eigenvalue weighted by Gasteiger charge is -1.85. The highest BCUT2D eigenvalue weighted by molar-refractivity contribution is 6.09. The molecule has 1 rings (SSSR count). The molecular formula is C6H6NO2+. The molecule has 0 fully saturated rings. The zero-order valence-corrected chi connectivity index (χ0v) is 4.74. The second kappa shape index (κ2) is 2.29. The third kappa shape index (κ3) is 1.27. The van der Waals surface area contributed by atoms with Crippen molar-refractivity contribution in [3.8, 4) is 0 Å². The van der Waals surface area contributed by atoms with E-state index in [1.165, 1.54) is 6.21 Å². The van der Waals surface area contributed by atoms with Gasteiger partial charge < -0.3 is 5.11 Å². The summed E-state index contributed by atoms with van der Waals surface area (Å²) in [6.45, 7) is 0. The third-order valence-corrected chi connectivity index (χ3v) is 1.01. The molecule has 0 aromatic heterocycles.